The van der Waals surface area contributed by atoms with E-state index < -0.39 is 0 Å². The molecule has 5 nitrogen and oxygen atoms in total. The highest BCUT2D eigenvalue weighted by Gasteiger charge is 2.35. The molecule has 1 amide bonds. The average molecular weight is 389 g/mol. The molecule has 150 valence electrons. The quantitative estimate of drug-likeness (QED) is 0.662. The second-order valence-electron chi connectivity index (χ2n) is 7.94. The Labute approximate surface area is 172 Å². The Balaban J connectivity index is 1.62. The molecule has 1 unspecified atom stereocenters. The van der Waals surface area contributed by atoms with Gasteiger partial charge in [-0.2, -0.15) is 5.10 Å². The summed E-state index contributed by atoms with van der Waals surface area (Å²) in [6, 6.07) is 11.8. The lowest BCUT2D eigenvalue weighted by atomic mass is 10.00. The van der Waals surface area contributed by atoms with Gasteiger partial charge < -0.3 is 5.32 Å². The van der Waals surface area contributed by atoms with E-state index in [4.69, 9.17) is 0 Å². The normalized spacial score (nSPS) is 14.6. The van der Waals surface area contributed by atoms with E-state index in [1.165, 1.54) is 0 Å². The minimum Gasteiger partial charge on any atom is -0.343 e. The Morgan fingerprint density at radius 1 is 1.21 bits per heavy atom. The van der Waals surface area contributed by atoms with E-state index in [-0.39, 0.29) is 11.9 Å². The maximum absolute atomic E-state index is 13.1. The molecule has 3 aromatic rings. The summed E-state index contributed by atoms with van der Waals surface area (Å²) >= 11 is 0. The number of aromatic nitrogens is 3. The molecule has 1 fully saturated rings. The van der Waals surface area contributed by atoms with E-state index >= 15 is 0 Å². The minimum absolute atomic E-state index is 0.0290. The number of pyridine rings is 1. The van der Waals surface area contributed by atoms with Crippen LogP contribution in [-0.4, -0.2) is 20.7 Å². The van der Waals surface area contributed by atoms with Crippen molar-refractivity contribution in [3.8, 4) is 11.1 Å². The highest BCUT2D eigenvalue weighted by molar-refractivity contribution is 5.96. The fourth-order valence-corrected chi connectivity index (χ4v) is 4.13. The molecule has 1 atom stereocenters. The molecule has 0 spiro atoms. The second-order valence-corrected chi connectivity index (χ2v) is 7.94. The van der Waals surface area contributed by atoms with E-state index in [1.54, 1.807) is 6.20 Å². The first kappa shape index (κ1) is 19.4. The molecule has 1 aliphatic rings. The lowest BCUT2D eigenvalue weighted by Crippen LogP contribution is -2.31. The van der Waals surface area contributed by atoms with Gasteiger partial charge in [0.2, 0.25) is 0 Å². The molecule has 1 N–H and O–H groups in total. The first-order chi connectivity index (χ1) is 14.0. The molecule has 29 heavy (non-hydrogen) atoms. The highest BCUT2D eigenvalue weighted by atomic mass is 16.1. The van der Waals surface area contributed by atoms with E-state index in [1.807, 2.05) is 35.9 Å². The predicted molar refractivity (Wildman–Crippen MR) is 115 cm³/mol. The predicted octanol–water partition coefficient (Wildman–Crippen LogP) is 4.77. The van der Waals surface area contributed by atoms with Crippen LogP contribution in [0.4, 0.5) is 0 Å². The highest BCUT2D eigenvalue weighted by Crippen LogP contribution is 2.41. The number of carbonyl (C=O) groups is 1. The van der Waals surface area contributed by atoms with Crippen LogP contribution in [0.1, 0.15) is 58.8 Å². The average Bonchev–Trinajstić information content (AvgIpc) is 3.52. The van der Waals surface area contributed by atoms with Crippen molar-refractivity contribution in [2.24, 2.45) is 5.92 Å². The van der Waals surface area contributed by atoms with Crippen molar-refractivity contribution >= 4 is 5.91 Å². The summed E-state index contributed by atoms with van der Waals surface area (Å²) in [4.78, 5) is 17.7. The summed E-state index contributed by atoms with van der Waals surface area (Å²) in [7, 11) is 0. The Kier molecular flexibility index (Phi) is 5.22. The van der Waals surface area contributed by atoms with Gasteiger partial charge in [-0.05, 0) is 75.8 Å². The lowest BCUT2D eigenvalue weighted by molar-refractivity contribution is 0.0930. The largest absolute Gasteiger partial charge is 0.343 e. The summed E-state index contributed by atoms with van der Waals surface area (Å²) in [5.41, 5.74) is 7.03. The van der Waals surface area contributed by atoms with Gasteiger partial charge >= 0.3 is 0 Å². The maximum atomic E-state index is 13.1. The smallest absolute Gasteiger partial charge is 0.251 e. The van der Waals surface area contributed by atoms with Crippen LogP contribution in [-0.2, 0) is 6.54 Å². The number of carbonyl (C=O) groups excluding carboxylic acids is 1. The van der Waals surface area contributed by atoms with Crippen molar-refractivity contribution in [1.82, 2.24) is 20.1 Å². The Bertz CT molecular complexity index is 1050. The van der Waals surface area contributed by atoms with Crippen LogP contribution in [0.5, 0.6) is 0 Å². The zero-order valence-electron chi connectivity index (χ0n) is 17.6. The van der Waals surface area contributed by atoms with Gasteiger partial charge in [0.15, 0.2) is 0 Å². The summed E-state index contributed by atoms with van der Waals surface area (Å²) < 4.78 is 2.00. The van der Waals surface area contributed by atoms with Gasteiger partial charge in [0.25, 0.3) is 5.91 Å². The molecule has 1 saturated carbocycles. The van der Waals surface area contributed by atoms with Gasteiger partial charge in [-0.15, -0.1) is 0 Å². The van der Waals surface area contributed by atoms with Crippen LogP contribution < -0.4 is 5.32 Å². The Morgan fingerprint density at radius 3 is 2.66 bits per heavy atom. The Hall–Kier alpha value is -2.95. The molecule has 0 aliphatic heterocycles. The standard InChI is InChI=1S/C24H28N4O/c1-5-28-17(4)21(16(3)27-28)19-9-6-10-20(14-19)24(29)26-23(18-11-12-18)22-15(2)8-7-13-25-22/h6-10,13-14,18,23H,5,11-12H2,1-4H3,(H,26,29). The van der Waals surface area contributed by atoms with E-state index in [0.29, 0.717) is 11.5 Å². The van der Waals surface area contributed by atoms with Gasteiger partial charge in [0, 0.05) is 29.6 Å². The first-order valence-electron chi connectivity index (χ1n) is 10.4. The van der Waals surface area contributed by atoms with Gasteiger partial charge in [0.05, 0.1) is 17.4 Å². The molecule has 1 aliphatic carbocycles. The minimum atomic E-state index is -0.0491. The molecule has 0 radical (unpaired) electrons. The van der Waals surface area contributed by atoms with E-state index in [9.17, 15) is 4.79 Å². The zero-order valence-corrected chi connectivity index (χ0v) is 17.6. The third-order valence-corrected chi connectivity index (χ3v) is 5.82. The molecule has 4 rings (SSSR count). The summed E-state index contributed by atoms with van der Waals surface area (Å²) in [6.07, 6.45) is 4.08. The fourth-order valence-electron chi connectivity index (χ4n) is 4.13. The van der Waals surface area contributed by atoms with E-state index in [2.05, 4.69) is 48.3 Å². The van der Waals surface area contributed by atoms with Crippen LogP contribution in [0, 0.1) is 26.7 Å². The monoisotopic (exact) mass is 388 g/mol. The second kappa shape index (κ2) is 7.82. The summed E-state index contributed by atoms with van der Waals surface area (Å²) in [5.74, 6) is 0.426. The molecule has 2 heterocycles. The number of aryl methyl sites for hydroxylation is 3. The van der Waals surface area contributed by atoms with Crippen molar-refractivity contribution in [2.75, 3.05) is 0 Å². The molecule has 0 saturated heterocycles. The van der Waals surface area contributed by atoms with Crippen LogP contribution >= 0.6 is 0 Å². The first-order valence-corrected chi connectivity index (χ1v) is 10.4. The molecule has 5 heteroatoms. The number of benzene rings is 1. The number of nitrogens with one attached hydrogen (secondary N) is 1. The number of nitrogens with zero attached hydrogens (tertiary/aromatic N) is 3. The van der Waals surface area contributed by atoms with Crippen molar-refractivity contribution in [3.05, 3.63) is 70.8 Å². The van der Waals surface area contributed by atoms with Crippen LogP contribution in [0.2, 0.25) is 0 Å². The van der Waals surface area contributed by atoms with Gasteiger partial charge in [-0.3, -0.25) is 14.5 Å². The lowest BCUT2D eigenvalue weighted by Gasteiger charge is -2.20. The Morgan fingerprint density at radius 2 is 2.00 bits per heavy atom. The zero-order chi connectivity index (χ0) is 20.5. The van der Waals surface area contributed by atoms with Gasteiger partial charge in [-0.1, -0.05) is 18.2 Å². The molecule has 1 aromatic carbocycles. The number of amides is 1. The fraction of sp³-hybridized carbons (Fsp3) is 0.375. The SMILES string of the molecule is CCn1nc(C)c(-c2cccc(C(=O)NC(c3ncccc3C)C3CC3)c2)c1C. The number of rotatable bonds is 6. The van der Waals surface area contributed by atoms with Gasteiger partial charge in [0.1, 0.15) is 0 Å². The molecular formula is C24H28N4O. The van der Waals surface area contributed by atoms with Crippen molar-refractivity contribution in [2.45, 2.75) is 53.1 Å². The number of hydrogen-bond donors (Lipinski definition) is 1. The van der Waals surface area contributed by atoms with E-state index in [0.717, 1.165) is 53.2 Å². The molecule has 0 bridgehead atoms. The topological polar surface area (TPSA) is 59.8 Å². The summed E-state index contributed by atoms with van der Waals surface area (Å²) in [6.45, 7) is 9.08. The maximum Gasteiger partial charge on any atom is 0.251 e. The van der Waals surface area contributed by atoms with Crippen molar-refractivity contribution < 1.29 is 4.79 Å². The van der Waals surface area contributed by atoms with Crippen molar-refractivity contribution in [3.63, 3.8) is 0 Å². The van der Waals surface area contributed by atoms with Crippen LogP contribution in [0.15, 0.2) is 42.6 Å². The molecular weight excluding hydrogens is 360 g/mol. The molecule has 2 aromatic heterocycles. The van der Waals surface area contributed by atoms with Crippen LogP contribution in [0.3, 0.4) is 0 Å². The van der Waals surface area contributed by atoms with Gasteiger partial charge in [-0.25, -0.2) is 0 Å². The number of hydrogen-bond acceptors (Lipinski definition) is 3. The van der Waals surface area contributed by atoms with Crippen LogP contribution in [0.25, 0.3) is 11.1 Å². The van der Waals surface area contributed by atoms with Crippen molar-refractivity contribution in [1.29, 1.82) is 0 Å². The summed E-state index contributed by atoms with van der Waals surface area (Å²) in [5, 5.41) is 7.87. The third-order valence-electron chi connectivity index (χ3n) is 5.82. The third kappa shape index (κ3) is 3.82.